The van der Waals surface area contributed by atoms with Crippen LogP contribution >= 0.6 is 34.5 Å². The van der Waals surface area contributed by atoms with Crippen LogP contribution in [-0.2, 0) is 9.53 Å². The summed E-state index contributed by atoms with van der Waals surface area (Å²) in [4.78, 5) is 20.0. The molecule has 1 aromatic heterocycles. The molecule has 0 spiro atoms. The predicted octanol–water partition coefficient (Wildman–Crippen LogP) is 3.76. The van der Waals surface area contributed by atoms with Crippen LogP contribution in [0, 0.1) is 0 Å². The molecule has 1 atom stereocenters. The van der Waals surface area contributed by atoms with Crippen LogP contribution in [0.25, 0.3) is 0 Å². The zero-order valence-corrected chi connectivity index (χ0v) is 15.0. The third-order valence-corrected chi connectivity index (χ3v) is 6.02. The lowest BCUT2D eigenvalue weighted by Crippen LogP contribution is -2.36. The molecule has 0 unspecified atom stereocenters. The number of fused-ring (bicyclic) bond motifs is 1. The summed E-state index contributed by atoms with van der Waals surface area (Å²) in [7, 11) is 0. The van der Waals surface area contributed by atoms with E-state index in [0.29, 0.717) is 35.5 Å². The summed E-state index contributed by atoms with van der Waals surface area (Å²) < 4.78 is 5.39. The molecule has 1 saturated heterocycles. The Morgan fingerprint density at radius 2 is 2.08 bits per heavy atom. The number of morpholine rings is 1. The lowest BCUT2D eigenvalue weighted by atomic mass is 9.91. The molecule has 0 aliphatic carbocycles. The van der Waals surface area contributed by atoms with Crippen molar-refractivity contribution >= 4 is 51.4 Å². The molecule has 1 amide bonds. The number of rotatable bonds is 2. The van der Waals surface area contributed by atoms with Crippen LogP contribution < -0.4 is 10.2 Å². The Morgan fingerprint density at radius 1 is 1.29 bits per heavy atom. The molecular weight excluding hydrogens is 369 g/mol. The van der Waals surface area contributed by atoms with Gasteiger partial charge in [0, 0.05) is 35.5 Å². The van der Waals surface area contributed by atoms with E-state index in [9.17, 15) is 4.79 Å². The second-order valence-corrected chi connectivity index (χ2v) is 7.63. The molecule has 24 heavy (non-hydrogen) atoms. The first-order valence-electron chi connectivity index (χ1n) is 7.70. The first-order chi connectivity index (χ1) is 11.6. The molecule has 8 heteroatoms. The fraction of sp³-hybridized carbons (Fsp3) is 0.375. The van der Waals surface area contributed by atoms with Crippen molar-refractivity contribution in [3.05, 3.63) is 38.7 Å². The number of amides is 1. The SMILES string of the molecule is O=C1C[C@@H](c2ccc(Cl)cc2Cl)c2sc(N3CCOCC3)nc2N1. The standard InChI is InChI=1S/C16H15Cl2N3O2S/c17-9-1-2-10(12(18)7-9)11-8-13(22)19-15-14(11)24-16(20-15)21-3-5-23-6-4-21/h1-2,7,11H,3-6,8H2,(H,19,22)/t11-/m0/s1. The van der Waals surface area contributed by atoms with Crippen molar-refractivity contribution in [2.75, 3.05) is 36.5 Å². The Morgan fingerprint density at radius 3 is 2.83 bits per heavy atom. The largest absolute Gasteiger partial charge is 0.378 e. The fourth-order valence-electron chi connectivity index (χ4n) is 3.03. The van der Waals surface area contributed by atoms with Gasteiger partial charge in [0.05, 0.1) is 18.1 Å². The normalized spacial score (nSPS) is 20.7. The van der Waals surface area contributed by atoms with E-state index >= 15 is 0 Å². The predicted molar refractivity (Wildman–Crippen MR) is 96.7 cm³/mol. The Labute approximate surface area is 153 Å². The maximum absolute atomic E-state index is 12.1. The second kappa shape index (κ2) is 6.52. The number of anilines is 2. The van der Waals surface area contributed by atoms with Crippen molar-refractivity contribution in [1.82, 2.24) is 4.98 Å². The number of carbonyl (C=O) groups excluding carboxylic acids is 1. The van der Waals surface area contributed by atoms with Crippen LogP contribution in [-0.4, -0.2) is 37.2 Å². The number of aromatic nitrogens is 1. The van der Waals surface area contributed by atoms with Gasteiger partial charge >= 0.3 is 0 Å². The van der Waals surface area contributed by atoms with Crippen LogP contribution in [0.3, 0.4) is 0 Å². The van der Waals surface area contributed by atoms with Crippen molar-refractivity contribution in [3.63, 3.8) is 0 Å². The highest BCUT2D eigenvalue weighted by atomic mass is 35.5. The van der Waals surface area contributed by atoms with E-state index in [4.69, 9.17) is 27.9 Å². The monoisotopic (exact) mass is 383 g/mol. The summed E-state index contributed by atoms with van der Waals surface area (Å²) in [5.74, 6) is 0.511. The number of hydrogen-bond acceptors (Lipinski definition) is 5. The number of thiazole rings is 1. The first kappa shape index (κ1) is 16.1. The quantitative estimate of drug-likeness (QED) is 0.857. The van der Waals surface area contributed by atoms with Crippen molar-refractivity contribution in [1.29, 1.82) is 0 Å². The van der Waals surface area contributed by atoms with Gasteiger partial charge in [-0.1, -0.05) is 40.6 Å². The van der Waals surface area contributed by atoms with E-state index in [1.165, 1.54) is 0 Å². The number of halogens is 2. The molecule has 2 aliphatic rings. The van der Waals surface area contributed by atoms with Gasteiger partial charge in [-0.15, -0.1) is 0 Å². The van der Waals surface area contributed by atoms with Crippen LogP contribution in [0.2, 0.25) is 10.0 Å². The van der Waals surface area contributed by atoms with Crippen molar-refractivity contribution in [3.8, 4) is 0 Å². The molecule has 0 bridgehead atoms. The van der Waals surface area contributed by atoms with Crippen LogP contribution in [0.5, 0.6) is 0 Å². The van der Waals surface area contributed by atoms with Crippen molar-refractivity contribution < 1.29 is 9.53 Å². The highest BCUT2D eigenvalue weighted by molar-refractivity contribution is 7.16. The maximum Gasteiger partial charge on any atom is 0.226 e. The molecule has 5 nitrogen and oxygen atoms in total. The zero-order valence-electron chi connectivity index (χ0n) is 12.7. The van der Waals surface area contributed by atoms with E-state index in [2.05, 4.69) is 15.2 Å². The number of nitrogens with zero attached hydrogens (tertiary/aromatic N) is 2. The zero-order chi connectivity index (χ0) is 16.7. The third-order valence-electron chi connectivity index (χ3n) is 4.23. The van der Waals surface area contributed by atoms with E-state index in [-0.39, 0.29) is 11.8 Å². The summed E-state index contributed by atoms with van der Waals surface area (Å²) >= 11 is 14.0. The summed E-state index contributed by atoms with van der Waals surface area (Å²) in [6.45, 7) is 3.02. The van der Waals surface area contributed by atoms with E-state index < -0.39 is 0 Å². The van der Waals surface area contributed by atoms with E-state index in [1.54, 1.807) is 23.5 Å². The number of nitrogens with one attached hydrogen (secondary N) is 1. The van der Waals surface area contributed by atoms with Crippen LogP contribution in [0.15, 0.2) is 18.2 Å². The number of hydrogen-bond donors (Lipinski definition) is 1. The Hall–Kier alpha value is -1.34. The Balaban J connectivity index is 1.73. The first-order valence-corrected chi connectivity index (χ1v) is 9.27. The Kier molecular flexibility index (Phi) is 4.39. The van der Waals surface area contributed by atoms with Gasteiger partial charge in [-0.25, -0.2) is 4.98 Å². The molecule has 1 fully saturated rings. The topological polar surface area (TPSA) is 54.5 Å². The van der Waals surface area contributed by atoms with E-state index in [0.717, 1.165) is 28.7 Å². The molecule has 4 rings (SSSR count). The second-order valence-electron chi connectivity index (χ2n) is 5.78. The van der Waals surface area contributed by atoms with Gasteiger partial charge in [-0.2, -0.15) is 0 Å². The van der Waals surface area contributed by atoms with Gasteiger partial charge in [0.2, 0.25) is 5.91 Å². The highest BCUT2D eigenvalue weighted by Gasteiger charge is 2.32. The molecule has 1 N–H and O–H groups in total. The summed E-state index contributed by atoms with van der Waals surface area (Å²) in [5, 5.41) is 4.96. The molecule has 0 saturated carbocycles. The van der Waals surface area contributed by atoms with Crippen molar-refractivity contribution in [2.24, 2.45) is 0 Å². The number of ether oxygens (including phenoxy) is 1. The fourth-order valence-corrected chi connectivity index (χ4v) is 4.76. The van der Waals surface area contributed by atoms with Gasteiger partial charge in [-0.05, 0) is 17.7 Å². The van der Waals surface area contributed by atoms with Crippen LogP contribution in [0.1, 0.15) is 22.8 Å². The summed E-state index contributed by atoms with van der Waals surface area (Å²) in [6, 6.07) is 5.42. The maximum atomic E-state index is 12.1. The molecule has 1 aromatic carbocycles. The van der Waals surface area contributed by atoms with Crippen molar-refractivity contribution in [2.45, 2.75) is 12.3 Å². The van der Waals surface area contributed by atoms with E-state index in [1.807, 2.05) is 6.07 Å². The van der Waals surface area contributed by atoms with Gasteiger partial charge in [-0.3, -0.25) is 4.79 Å². The van der Waals surface area contributed by atoms with Gasteiger partial charge < -0.3 is 15.0 Å². The molecule has 2 aromatic rings. The van der Waals surface area contributed by atoms with Gasteiger partial charge in [0.1, 0.15) is 5.82 Å². The van der Waals surface area contributed by atoms with Gasteiger partial charge in [0.15, 0.2) is 5.13 Å². The highest BCUT2D eigenvalue weighted by Crippen LogP contribution is 2.45. The molecule has 3 heterocycles. The number of carbonyl (C=O) groups is 1. The average Bonchev–Trinajstić information content (AvgIpc) is 2.99. The minimum Gasteiger partial charge on any atom is -0.378 e. The lowest BCUT2D eigenvalue weighted by Gasteiger charge is -2.26. The molecule has 0 radical (unpaired) electrons. The summed E-state index contributed by atoms with van der Waals surface area (Å²) in [6.07, 6.45) is 0.360. The molecule has 126 valence electrons. The minimum atomic E-state index is -0.0918. The third kappa shape index (κ3) is 2.99. The smallest absolute Gasteiger partial charge is 0.226 e. The number of benzene rings is 1. The summed E-state index contributed by atoms with van der Waals surface area (Å²) in [5.41, 5.74) is 0.911. The molecule has 2 aliphatic heterocycles. The Bertz CT molecular complexity index is 790. The van der Waals surface area contributed by atoms with Crippen LogP contribution in [0.4, 0.5) is 10.9 Å². The van der Waals surface area contributed by atoms with Gasteiger partial charge in [0.25, 0.3) is 0 Å². The minimum absolute atomic E-state index is 0.0441. The lowest BCUT2D eigenvalue weighted by molar-refractivity contribution is -0.116. The average molecular weight is 384 g/mol. The molecular formula is C16H15Cl2N3O2S.